The average molecular weight is 311 g/mol. The molecule has 0 radical (unpaired) electrons. The van der Waals surface area contributed by atoms with E-state index in [0.717, 1.165) is 5.69 Å². The maximum atomic E-state index is 12.0. The fourth-order valence-corrected chi connectivity index (χ4v) is 3.66. The zero-order valence-corrected chi connectivity index (χ0v) is 13.2. The maximum Gasteiger partial charge on any atom is 0.253 e. The van der Waals surface area contributed by atoms with E-state index >= 15 is 0 Å². The van der Waals surface area contributed by atoms with Gasteiger partial charge in [0.15, 0.2) is 9.84 Å². The zero-order valence-electron chi connectivity index (χ0n) is 12.4. The second-order valence-corrected chi connectivity index (χ2v) is 7.77. The summed E-state index contributed by atoms with van der Waals surface area (Å²) in [5.41, 5.74) is 7.85. The number of hydrogen-bond acceptors (Lipinski definition) is 5. The average Bonchev–Trinajstić information content (AvgIpc) is 2.59. The minimum absolute atomic E-state index is 0.0984. The van der Waals surface area contributed by atoms with Gasteiger partial charge < -0.3 is 15.5 Å². The van der Waals surface area contributed by atoms with Gasteiger partial charge in [-0.05, 0) is 24.6 Å². The highest BCUT2D eigenvalue weighted by Gasteiger charge is 2.21. The summed E-state index contributed by atoms with van der Waals surface area (Å²) >= 11 is 0. The molecule has 0 spiro atoms. The van der Waals surface area contributed by atoms with Gasteiger partial charge in [0.05, 0.1) is 22.9 Å². The van der Waals surface area contributed by atoms with Gasteiger partial charge in [-0.2, -0.15) is 0 Å². The number of nitrogen functional groups attached to an aromatic ring is 1. The standard InChI is InChI=1S/C14H21N3O3S/c1-16(2)14(18)11-4-5-12(15)13(10-11)17-6-3-8-21(19,20)9-7-17/h4-5,10H,3,6-9,15H2,1-2H3. The quantitative estimate of drug-likeness (QED) is 0.808. The molecule has 1 aromatic rings. The summed E-state index contributed by atoms with van der Waals surface area (Å²) < 4.78 is 23.4. The highest BCUT2D eigenvalue weighted by molar-refractivity contribution is 7.91. The lowest BCUT2D eigenvalue weighted by molar-refractivity contribution is 0.0827. The normalized spacial score (nSPS) is 18.1. The summed E-state index contributed by atoms with van der Waals surface area (Å²) in [7, 11) is 0.412. The van der Waals surface area contributed by atoms with Crippen molar-refractivity contribution in [3.8, 4) is 0 Å². The Morgan fingerprint density at radius 2 is 1.95 bits per heavy atom. The SMILES string of the molecule is CN(C)C(=O)c1ccc(N)c(N2CCCS(=O)(=O)CC2)c1. The predicted molar refractivity (Wildman–Crippen MR) is 84.4 cm³/mol. The van der Waals surface area contributed by atoms with Crippen LogP contribution in [-0.4, -0.2) is 57.9 Å². The van der Waals surface area contributed by atoms with E-state index in [0.29, 0.717) is 30.8 Å². The number of anilines is 2. The first-order valence-electron chi connectivity index (χ1n) is 6.87. The van der Waals surface area contributed by atoms with Gasteiger partial charge in [-0.1, -0.05) is 0 Å². The summed E-state index contributed by atoms with van der Waals surface area (Å²) in [5, 5.41) is 0. The third-order valence-corrected chi connectivity index (χ3v) is 5.30. The molecule has 0 atom stereocenters. The molecule has 0 unspecified atom stereocenters. The molecule has 1 saturated heterocycles. The fraction of sp³-hybridized carbons (Fsp3) is 0.500. The Morgan fingerprint density at radius 3 is 2.62 bits per heavy atom. The number of carbonyl (C=O) groups is 1. The third kappa shape index (κ3) is 3.66. The molecular formula is C14H21N3O3S. The van der Waals surface area contributed by atoms with Gasteiger partial charge >= 0.3 is 0 Å². The van der Waals surface area contributed by atoms with Gasteiger partial charge in [0.2, 0.25) is 0 Å². The highest BCUT2D eigenvalue weighted by atomic mass is 32.2. The molecule has 2 rings (SSSR count). The Labute approximate surface area is 125 Å². The Kier molecular flexibility index (Phi) is 4.41. The smallest absolute Gasteiger partial charge is 0.253 e. The van der Waals surface area contributed by atoms with Crippen molar-refractivity contribution in [1.29, 1.82) is 0 Å². The largest absolute Gasteiger partial charge is 0.397 e. The Balaban J connectivity index is 2.30. The van der Waals surface area contributed by atoms with Crippen LogP contribution in [0.4, 0.5) is 11.4 Å². The second kappa shape index (κ2) is 5.93. The van der Waals surface area contributed by atoms with E-state index in [1.165, 1.54) is 4.90 Å². The molecule has 0 bridgehead atoms. The molecule has 6 nitrogen and oxygen atoms in total. The van der Waals surface area contributed by atoms with Crippen molar-refractivity contribution in [3.05, 3.63) is 23.8 Å². The maximum absolute atomic E-state index is 12.0. The van der Waals surface area contributed by atoms with E-state index in [-0.39, 0.29) is 17.4 Å². The highest BCUT2D eigenvalue weighted by Crippen LogP contribution is 2.26. The van der Waals surface area contributed by atoms with E-state index in [2.05, 4.69) is 0 Å². The molecule has 0 saturated carbocycles. The fourth-order valence-electron chi connectivity index (χ4n) is 2.39. The van der Waals surface area contributed by atoms with Crippen LogP contribution in [0.3, 0.4) is 0 Å². The van der Waals surface area contributed by atoms with Crippen LogP contribution >= 0.6 is 0 Å². The molecule has 7 heteroatoms. The molecule has 1 heterocycles. The van der Waals surface area contributed by atoms with E-state index < -0.39 is 9.84 Å². The number of carbonyl (C=O) groups excluding carboxylic acids is 1. The lowest BCUT2D eigenvalue weighted by atomic mass is 10.1. The number of nitrogens with zero attached hydrogens (tertiary/aromatic N) is 2. The minimum Gasteiger partial charge on any atom is -0.397 e. The van der Waals surface area contributed by atoms with Crippen LogP contribution in [0.25, 0.3) is 0 Å². The van der Waals surface area contributed by atoms with Crippen molar-refractivity contribution < 1.29 is 13.2 Å². The first-order chi connectivity index (χ1) is 9.80. The van der Waals surface area contributed by atoms with Crippen LogP contribution in [0.5, 0.6) is 0 Å². The molecule has 1 amide bonds. The van der Waals surface area contributed by atoms with Crippen LogP contribution in [0.1, 0.15) is 16.8 Å². The molecule has 0 aromatic heterocycles. The van der Waals surface area contributed by atoms with Gasteiger partial charge in [-0.3, -0.25) is 4.79 Å². The lowest BCUT2D eigenvalue weighted by Gasteiger charge is -2.24. The molecule has 1 aliphatic heterocycles. The molecule has 116 valence electrons. The summed E-state index contributed by atoms with van der Waals surface area (Å²) in [6, 6.07) is 5.14. The molecular weight excluding hydrogens is 290 g/mol. The minimum atomic E-state index is -2.97. The third-order valence-electron chi connectivity index (χ3n) is 3.58. The van der Waals surface area contributed by atoms with Crippen molar-refractivity contribution in [1.82, 2.24) is 4.90 Å². The number of amides is 1. The van der Waals surface area contributed by atoms with Gasteiger partial charge in [0.25, 0.3) is 5.91 Å². The zero-order chi connectivity index (χ0) is 15.6. The van der Waals surface area contributed by atoms with Gasteiger partial charge in [0, 0.05) is 32.7 Å². The Hall–Kier alpha value is -1.76. The Morgan fingerprint density at radius 1 is 1.24 bits per heavy atom. The molecule has 2 N–H and O–H groups in total. The Bertz CT molecular complexity index is 641. The van der Waals surface area contributed by atoms with Gasteiger partial charge in [-0.25, -0.2) is 8.42 Å². The molecule has 21 heavy (non-hydrogen) atoms. The summed E-state index contributed by atoms with van der Waals surface area (Å²) in [6.07, 6.45) is 0.577. The monoisotopic (exact) mass is 311 g/mol. The number of benzene rings is 1. The first kappa shape index (κ1) is 15.6. The van der Waals surface area contributed by atoms with Crippen LogP contribution < -0.4 is 10.6 Å². The number of rotatable bonds is 2. The van der Waals surface area contributed by atoms with E-state index in [9.17, 15) is 13.2 Å². The first-order valence-corrected chi connectivity index (χ1v) is 8.69. The molecule has 1 aliphatic rings. The topological polar surface area (TPSA) is 83.7 Å². The van der Waals surface area contributed by atoms with Crippen molar-refractivity contribution in [2.45, 2.75) is 6.42 Å². The van der Waals surface area contributed by atoms with Crippen molar-refractivity contribution >= 4 is 27.1 Å². The van der Waals surface area contributed by atoms with E-state index in [1.807, 2.05) is 4.90 Å². The van der Waals surface area contributed by atoms with Crippen molar-refractivity contribution in [2.75, 3.05) is 49.3 Å². The number of sulfone groups is 1. The van der Waals surface area contributed by atoms with Gasteiger partial charge in [-0.15, -0.1) is 0 Å². The second-order valence-electron chi connectivity index (χ2n) is 5.47. The number of nitrogens with two attached hydrogens (primary N) is 1. The summed E-state index contributed by atoms with van der Waals surface area (Å²) in [5.74, 6) is 0.233. The van der Waals surface area contributed by atoms with Crippen molar-refractivity contribution in [3.63, 3.8) is 0 Å². The van der Waals surface area contributed by atoms with Crippen LogP contribution in [0.2, 0.25) is 0 Å². The summed E-state index contributed by atoms with van der Waals surface area (Å²) in [4.78, 5) is 15.5. The van der Waals surface area contributed by atoms with Crippen LogP contribution in [0, 0.1) is 0 Å². The van der Waals surface area contributed by atoms with E-state index in [1.54, 1.807) is 32.3 Å². The molecule has 1 fully saturated rings. The molecule has 1 aromatic carbocycles. The van der Waals surface area contributed by atoms with Crippen LogP contribution in [-0.2, 0) is 9.84 Å². The van der Waals surface area contributed by atoms with Crippen LogP contribution in [0.15, 0.2) is 18.2 Å². The predicted octanol–water partition coefficient (Wildman–Crippen LogP) is 0.595. The summed E-state index contributed by atoms with van der Waals surface area (Å²) in [6.45, 7) is 1.04. The van der Waals surface area contributed by atoms with Gasteiger partial charge in [0.1, 0.15) is 0 Å². The van der Waals surface area contributed by atoms with E-state index in [4.69, 9.17) is 5.73 Å². The molecule has 0 aliphatic carbocycles. The number of hydrogen-bond donors (Lipinski definition) is 1. The lowest BCUT2D eigenvalue weighted by Crippen LogP contribution is -2.28. The van der Waals surface area contributed by atoms with Crippen molar-refractivity contribution in [2.24, 2.45) is 0 Å².